The van der Waals surface area contributed by atoms with Crippen LogP contribution in [0.3, 0.4) is 0 Å². The number of anilines is 1. The molecule has 0 aliphatic rings. The van der Waals surface area contributed by atoms with Gasteiger partial charge in [-0.3, -0.25) is 9.59 Å². The van der Waals surface area contributed by atoms with Crippen LogP contribution in [0.5, 0.6) is 5.88 Å². The number of rotatable bonds is 6. The van der Waals surface area contributed by atoms with E-state index in [1.165, 1.54) is 18.9 Å². The number of nitrogens with zero attached hydrogens (tertiary/aromatic N) is 2. The van der Waals surface area contributed by atoms with Crippen molar-refractivity contribution in [2.45, 2.75) is 6.92 Å². The van der Waals surface area contributed by atoms with Crippen molar-refractivity contribution in [2.75, 3.05) is 18.5 Å². The first-order valence-electron chi connectivity index (χ1n) is 10.5. The average Bonchev–Trinajstić information content (AvgIpc) is 3.17. The zero-order valence-corrected chi connectivity index (χ0v) is 18.4. The summed E-state index contributed by atoms with van der Waals surface area (Å²) in [5, 5.41) is 14.1. The molecular formula is C26H24N4O3. The number of para-hydroxylation sites is 1. The Hall–Kier alpha value is -4.39. The molecule has 0 saturated heterocycles. The number of likely N-dealkylation sites (N-methyl/N-ethyl adjacent to an activating group) is 1. The Morgan fingerprint density at radius 3 is 2.30 bits per heavy atom. The van der Waals surface area contributed by atoms with Gasteiger partial charge in [0.25, 0.3) is 0 Å². The molecule has 0 spiro atoms. The molecule has 7 heteroatoms. The summed E-state index contributed by atoms with van der Waals surface area (Å²) in [5.74, 6) is -0.444. The van der Waals surface area contributed by atoms with E-state index in [9.17, 15) is 14.7 Å². The van der Waals surface area contributed by atoms with E-state index in [1.54, 1.807) is 24.3 Å². The summed E-state index contributed by atoms with van der Waals surface area (Å²) in [6.07, 6.45) is 0. The summed E-state index contributed by atoms with van der Waals surface area (Å²) >= 11 is 0. The minimum Gasteiger partial charge on any atom is -0.494 e. The van der Waals surface area contributed by atoms with Crippen LogP contribution in [-0.4, -0.2) is 41.2 Å². The van der Waals surface area contributed by atoms with E-state index >= 15 is 0 Å². The first kappa shape index (κ1) is 21.8. The van der Waals surface area contributed by atoms with Gasteiger partial charge < -0.3 is 20.3 Å². The molecule has 3 aromatic carbocycles. The van der Waals surface area contributed by atoms with E-state index < -0.39 is 0 Å². The van der Waals surface area contributed by atoms with Crippen molar-refractivity contribution >= 4 is 39.8 Å². The number of hydrogen-bond acceptors (Lipinski definition) is 4. The molecule has 0 saturated carbocycles. The van der Waals surface area contributed by atoms with Gasteiger partial charge in [0.05, 0.1) is 17.0 Å². The summed E-state index contributed by atoms with van der Waals surface area (Å²) in [4.78, 5) is 33.1. The van der Waals surface area contributed by atoms with Gasteiger partial charge in [0.1, 0.15) is 6.54 Å². The molecule has 2 amide bonds. The number of carbonyl (C=O) groups is 2. The number of amides is 2. The third-order valence-electron chi connectivity index (χ3n) is 5.33. The molecule has 0 atom stereocenters. The monoisotopic (exact) mass is 440 g/mol. The molecule has 7 nitrogen and oxygen atoms in total. The standard InChI is InChI=1S/C26H24N4O3/c1-17(31)30(16-23(32)27-2)20-14-12-19(13-15-20)28-25(18-8-4-3-5-9-18)24-21-10-6-7-11-22(21)29-26(24)33/h3-15,29,33H,16H2,1-2H3,(H,27,32). The van der Waals surface area contributed by atoms with Crippen LogP contribution in [0.2, 0.25) is 0 Å². The number of nitrogens with one attached hydrogen (secondary N) is 2. The van der Waals surface area contributed by atoms with Gasteiger partial charge in [-0.2, -0.15) is 0 Å². The van der Waals surface area contributed by atoms with Crippen LogP contribution in [0.4, 0.5) is 11.4 Å². The summed E-state index contributed by atoms with van der Waals surface area (Å²) in [5.41, 5.74) is 4.15. The Morgan fingerprint density at radius 2 is 1.64 bits per heavy atom. The number of H-pyrrole nitrogens is 1. The second-order valence-electron chi connectivity index (χ2n) is 7.52. The quantitative estimate of drug-likeness (QED) is 0.393. The van der Waals surface area contributed by atoms with Gasteiger partial charge >= 0.3 is 0 Å². The molecule has 0 bridgehead atoms. The van der Waals surface area contributed by atoms with Crippen molar-refractivity contribution in [3.63, 3.8) is 0 Å². The van der Waals surface area contributed by atoms with Gasteiger partial charge in [-0.1, -0.05) is 48.5 Å². The van der Waals surface area contributed by atoms with Crippen LogP contribution in [0.1, 0.15) is 18.1 Å². The van der Waals surface area contributed by atoms with Gasteiger partial charge in [-0.25, -0.2) is 4.99 Å². The first-order valence-corrected chi connectivity index (χ1v) is 10.5. The zero-order chi connectivity index (χ0) is 23.4. The van der Waals surface area contributed by atoms with Gasteiger partial charge in [0, 0.05) is 36.1 Å². The largest absolute Gasteiger partial charge is 0.494 e. The van der Waals surface area contributed by atoms with Crippen molar-refractivity contribution in [3.05, 3.63) is 90.0 Å². The molecule has 3 N–H and O–H groups in total. The SMILES string of the molecule is CNC(=O)CN(C(C)=O)c1ccc(N=C(c2ccccc2)c2c(O)[nH]c3ccccc23)cc1. The Bertz CT molecular complexity index is 1320. The van der Waals surface area contributed by atoms with E-state index in [0.29, 0.717) is 22.6 Å². The van der Waals surface area contributed by atoms with Crippen LogP contribution in [-0.2, 0) is 9.59 Å². The fourth-order valence-electron chi connectivity index (χ4n) is 3.67. The number of fused-ring (bicyclic) bond motifs is 1. The lowest BCUT2D eigenvalue weighted by molar-refractivity contribution is -0.122. The summed E-state index contributed by atoms with van der Waals surface area (Å²) in [6.45, 7) is 1.36. The van der Waals surface area contributed by atoms with Crippen molar-refractivity contribution in [1.82, 2.24) is 10.3 Å². The molecule has 0 radical (unpaired) electrons. The van der Waals surface area contributed by atoms with Crippen LogP contribution >= 0.6 is 0 Å². The van der Waals surface area contributed by atoms with E-state index in [4.69, 9.17) is 4.99 Å². The Morgan fingerprint density at radius 1 is 0.970 bits per heavy atom. The number of aromatic amines is 1. The number of benzene rings is 3. The van der Waals surface area contributed by atoms with Gasteiger partial charge in [0.2, 0.25) is 11.8 Å². The van der Waals surface area contributed by atoms with Crippen LogP contribution in [0, 0.1) is 0 Å². The van der Waals surface area contributed by atoms with Crippen LogP contribution < -0.4 is 10.2 Å². The maximum absolute atomic E-state index is 12.0. The molecule has 0 aliphatic carbocycles. The maximum Gasteiger partial charge on any atom is 0.239 e. The van der Waals surface area contributed by atoms with Crippen molar-refractivity contribution in [2.24, 2.45) is 4.99 Å². The summed E-state index contributed by atoms with van der Waals surface area (Å²) in [6, 6.07) is 24.4. The second kappa shape index (κ2) is 9.40. The smallest absolute Gasteiger partial charge is 0.239 e. The fraction of sp³-hybridized carbons (Fsp3) is 0.115. The average molecular weight is 441 g/mol. The highest BCUT2D eigenvalue weighted by Gasteiger charge is 2.19. The molecule has 0 aliphatic heterocycles. The Balaban J connectivity index is 1.78. The first-order chi connectivity index (χ1) is 16.0. The number of aromatic nitrogens is 1. The van der Waals surface area contributed by atoms with Crippen molar-refractivity contribution in [3.8, 4) is 5.88 Å². The van der Waals surface area contributed by atoms with Gasteiger partial charge in [0.15, 0.2) is 5.88 Å². The predicted molar refractivity (Wildman–Crippen MR) is 130 cm³/mol. The van der Waals surface area contributed by atoms with Gasteiger partial charge in [-0.05, 0) is 30.3 Å². The topological polar surface area (TPSA) is 97.8 Å². The lowest BCUT2D eigenvalue weighted by Gasteiger charge is -2.20. The highest BCUT2D eigenvalue weighted by Crippen LogP contribution is 2.31. The number of aromatic hydroxyl groups is 1. The zero-order valence-electron chi connectivity index (χ0n) is 18.4. The molecular weight excluding hydrogens is 416 g/mol. The molecule has 1 heterocycles. The van der Waals surface area contributed by atoms with E-state index in [1.807, 2.05) is 54.6 Å². The third-order valence-corrected chi connectivity index (χ3v) is 5.33. The minimum absolute atomic E-state index is 0.0451. The second-order valence-corrected chi connectivity index (χ2v) is 7.52. The molecule has 0 unspecified atom stereocenters. The van der Waals surface area contributed by atoms with Crippen molar-refractivity contribution in [1.29, 1.82) is 0 Å². The molecule has 1 aromatic heterocycles. The highest BCUT2D eigenvalue weighted by molar-refractivity contribution is 6.21. The van der Waals surface area contributed by atoms with E-state index in [0.717, 1.165) is 16.5 Å². The lowest BCUT2D eigenvalue weighted by Crippen LogP contribution is -2.38. The summed E-state index contributed by atoms with van der Waals surface area (Å²) < 4.78 is 0. The molecule has 0 fully saturated rings. The molecule has 166 valence electrons. The predicted octanol–water partition coefficient (Wildman–Crippen LogP) is 4.14. The molecule has 4 rings (SSSR count). The number of carbonyl (C=O) groups excluding carboxylic acids is 2. The lowest BCUT2D eigenvalue weighted by atomic mass is 10.0. The molecule has 4 aromatic rings. The van der Waals surface area contributed by atoms with Gasteiger partial charge in [-0.15, -0.1) is 0 Å². The van der Waals surface area contributed by atoms with E-state index in [2.05, 4.69) is 10.3 Å². The number of aliphatic imine (C=N–C) groups is 1. The minimum atomic E-state index is -0.256. The fourth-order valence-corrected chi connectivity index (χ4v) is 3.67. The van der Waals surface area contributed by atoms with Crippen molar-refractivity contribution < 1.29 is 14.7 Å². The number of hydrogen-bond donors (Lipinski definition) is 3. The Kier molecular flexibility index (Phi) is 6.22. The van der Waals surface area contributed by atoms with Crippen LogP contribution in [0.15, 0.2) is 83.9 Å². The maximum atomic E-state index is 12.0. The van der Waals surface area contributed by atoms with E-state index in [-0.39, 0.29) is 24.2 Å². The summed E-state index contributed by atoms with van der Waals surface area (Å²) in [7, 11) is 1.53. The third kappa shape index (κ3) is 4.62. The van der Waals surface area contributed by atoms with Crippen LogP contribution in [0.25, 0.3) is 10.9 Å². The Labute approximate surface area is 191 Å². The normalized spacial score (nSPS) is 11.4. The molecule has 33 heavy (non-hydrogen) atoms. The highest BCUT2D eigenvalue weighted by atomic mass is 16.3.